The second-order valence-corrected chi connectivity index (χ2v) is 5.43. The van der Waals surface area contributed by atoms with Gasteiger partial charge in [-0.25, -0.2) is 0 Å². The van der Waals surface area contributed by atoms with Crippen molar-refractivity contribution in [2.45, 2.75) is 45.1 Å². The Morgan fingerprint density at radius 1 is 1.17 bits per heavy atom. The molecule has 1 aliphatic rings. The van der Waals surface area contributed by atoms with Crippen molar-refractivity contribution < 1.29 is 4.74 Å². The molecule has 1 aromatic carbocycles. The number of hydrogen-bond donors (Lipinski definition) is 0. The van der Waals surface area contributed by atoms with Crippen LogP contribution in [0.5, 0.6) is 5.75 Å². The maximum atomic E-state index is 5.75. The maximum absolute atomic E-state index is 5.75. The molecule has 0 bridgehead atoms. The van der Waals surface area contributed by atoms with Gasteiger partial charge in [-0.2, -0.15) is 0 Å². The summed E-state index contributed by atoms with van der Waals surface area (Å²) in [7, 11) is 2.25. The van der Waals surface area contributed by atoms with Crippen LogP contribution in [0.2, 0.25) is 0 Å². The smallest absolute Gasteiger partial charge is 0.119 e. The summed E-state index contributed by atoms with van der Waals surface area (Å²) in [6, 6.07) is 9.12. The van der Waals surface area contributed by atoms with Gasteiger partial charge in [-0.05, 0) is 45.4 Å². The van der Waals surface area contributed by atoms with Crippen LogP contribution in [0.3, 0.4) is 0 Å². The van der Waals surface area contributed by atoms with E-state index >= 15 is 0 Å². The Labute approximate surface area is 111 Å². The lowest BCUT2D eigenvalue weighted by molar-refractivity contribution is 0.216. The molecule has 1 aliphatic carbocycles. The highest BCUT2D eigenvalue weighted by Crippen LogP contribution is 2.22. The van der Waals surface area contributed by atoms with Crippen molar-refractivity contribution in [1.29, 1.82) is 0 Å². The minimum absolute atomic E-state index is 0.820. The zero-order valence-corrected chi connectivity index (χ0v) is 11.7. The number of hydrogen-bond acceptors (Lipinski definition) is 2. The fraction of sp³-hybridized carbons (Fsp3) is 0.625. The molecule has 0 spiro atoms. The van der Waals surface area contributed by atoms with Crippen molar-refractivity contribution in [2.24, 2.45) is 0 Å². The number of aryl methyl sites for hydroxylation is 1. The zero-order valence-electron chi connectivity index (χ0n) is 11.7. The van der Waals surface area contributed by atoms with Crippen LogP contribution in [0.4, 0.5) is 0 Å². The first kappa shape index (κ1) is 13.4. The van der Waals surface area contributed by atoms with Crippen LogP contribution in [0.15, 0.2) is 24.3 Å². The predicted octanol–water partition coefficient (Wildman–Crippen LogP) is 3.64. The predicted molar refractivity (Wildman–Crippen MR) is 76.2 cm³/mol. The first-order valence-corrected chi connectivity index (χ1v) is 7.15. The number of ether oxygens (including phenoxy) is 1. The van der Waals surface area contributed by atoms with E-state index in [1.165, 1.54) is 31.2 Å². The van der Waals surface area contributed by atoms with Gasteiger partial charge in [-0.1, -0.05) is 30.5 Å². The molecule has 100 valence electrons. The molecule has 0 radical (unpaired) electrons. The van der Waals surface area contributed by atoms with Gasteiger partial charge in [0.1, 0.15) is 5.75 Å². The average Bonchev–Trinajstić information content (AvgIpc) is 2.90. The number of rotatable bonds is 6. The second kappa shape index (κ2) is 6.79. The summed E-state index contributed by atoms with van der Waals surface area (Å²) in [5, 5.41) is 0. The molecule has 2 nitrogen and oxygen atoms in total. The minimum atomic E-state index is 0.820. The van der Waals surface area contributed by atoms with Crippen LogP contribution in [-0.2, 0) is 0 Å². The van der Waals surface area contributed by atoms with Gasteiger partial charge in [0, 0.05) is 12.6 Å². The third kappa shape index (κ3) is 4.02. The van der Waals surface area contributed by atoms with Crippen molar-refractivity contribution in [1.82, 2.24) is 4.90 Å². The molecule has 0 saturated heterocycles. The van der Waals surface area contributed by atoms with Gasteiger partial charge in [0.2, 0.25) is 0 Å². The lowest BCUT2D eigenvalue weighted by atomic mass is 10.2. The summed E-state index contributed by atoms with van der Waals surface area (Å²) in [4.78, 5) is 2.51. The lowest BCUT2D eigenvalue weighted by Crippen LogP contribution is -2.30. The SMILES string of the molecule is Cc1ccc(OCCCN(C)C2CCCC2)cc1. The van der Waals surface area contributed by atoms with Crippen LogP contribution in [0.1, 0.15) is 37.7 Å². The molecule has 2 rings (SSSR count). The zero-order chi connectivity index (χ0) is 12.8. The summed E-state index contributed by atoms with van der Waals surface area (Å²) in [5.41, 5.74) is 1.28. The van der Waals surface area contributed by atoms with Gasteiger partial charge in [-0.3, -0.25) is 0 Å². The minimum Gasteiger partial charge on any atom is -0.494 e. The van der Waals surface area contributed by atoms with Gasteiger partial charge >= 0.3 is 0 Å². The number of benzene rings is 1. The highest BCUT2D eigenvalue weighted by atomic mass is 16.5. The molecule has 0 N–H and O–H groups in total. The van der Waals surface area contributed by atoms with E-state index in [2.05, 4.69) is 43.1 Å². The van der Waals surface area contributed by atoms with Gasteiger partial charge in [-0.15, -0.1) is 0 Å². The molecular weight excluding hydrogens is 222 g/mol. The molecule has 0 unspecified atom stereocenters. The van der Waals surface area contributed by atoms with E-state index in [1.54, 1.807) is 0 Å². The van der Waals surface area contributed by atoms with Crippen molar-refractivity contribution in [3.8, 4) is 5.75 Å². The Kier molecular flexibility index (Phi) is 5.06. The van der Waals surface area contributed by atoms with Crippen LogP contribution in [-0.4, -0.2) is 31.1 Å². The molecular formula is C16H25NO. The molecule has 2 heteroatoms. The molecule has 0 amide bonds. The molecule has 0 heterocycles. The topological polar surface area (TPSA) is 12.5 Å². The quantitative estimate of drug-likeness (QED) is 0.712. The van der Waals surface area contributed by atoms with Gasteiger partial charge in [0.05, 0.1) is 6.61 Å². The first-order chi connectivity index (χ1) is 8.75. The third-order valence-corrected chi connectivity index (χ3v) is 3.89. The van der Waals surface area contributed by atoms with E-state index in [0.29, 0.717) is 0 Å². The van der Waals surface area contributed by atoms with E-state index < -0.39 is 0 Å². The Balaban J connectivity index is 1.62. The Morgan fingerprint density at radius 2 is 1.83 bits per heavy atom. The van der Waals surface area contributed by atoms with Gasteiger partial charge < -0.3 is 9.64 Å². The highest BCUT2D eigenvalue weighted by molar-refractivity contribution is 5.26. The monoisotopic (exact) mass is 247 g/mol. The average molecular weight is 247 g/mol. The first-order valence-electron chi connectivity index (χ1n) is 7.15. The maximum Gasteiger partial charge on any atom is 0.119 e. The third-order valence-electron chi connectivity index (χ3n) is 3.89. The molecule has 0 atom stereocenters. The van der Waals surface area contributed by atoms with E-state index in [4.69, 9.17) is 4.74 Å². The Morgan fingerprint density at radius 3 is 2.50 bits per heavy atom. The molecule has 0 aromatic heterocycles. The molecule has 1 aromatic rings. The van der Waals surface area contributed by atoms with Crippen molar-refractivity contribution in [2.75, 3.05) is 20.2 Å². The van der Waals surface area contributed by atoms with Crippen molar-refractivity contribution in [3.63, 3.8) is 0 Å². The summed E-state index contributed by atoms with van der Waals surface area (Å²) < 4.78 is 5.75. The van der Waals surface area contributed by atoms with Crippen LogP contribution in [0, 0.1) is 6.92 Å². The molecule has 1 saturated carbocycles. The Hall–Kier alpha value is -1.02. The standard InChI is InChI=1S/C16H25NO/c1-14-8-10-16(11-9-14)18-13-5-12-17(2)15-6-3-4-7-15/h8-11,15H,3-7,12-13H2,1-2H3. The van der Waals surface area contributed by atoms with E-state index in [1.807, 2.05) is 0 Å². The molecule has 1 fully saturated rings. The largest absolute Gasteiger partial charge is 0.494 e. The summed E-state index contributed by atoms with van der Waals surface area (Å²) in [6.45, 7) is 4.07. The molecule has 18 heavy (non-hydrogen) atoms. The van der Waals surface area contributed by atoms with E-state index in [0.717, 1.165) is 31.4 Å². The molecule has 0 aliphatic heterocycles. The summed E-state index contributed by atoms with van der Waals surface area (Å²) >= 11 is 0. The Bertz CT molecular complexity index is 341. The van der Waals surface area contributed by atoms with Crippen LogP contribution >= 0.6 is 0 Å². The van der Waals surface area contributed by atoms with E-state index in [-0.39, 0.29) is 0 Å². The van der Waals surface area contributed by atoms with Crippen molar-refractivity contribution >= 4 is 0 Å². The number of nitrogens with zero attached hydrogens (tertiary/aromatic N) is 1. The van der Waals surface area contributed by atoms with Gasteiger partial charge in [0.25, 0.3) is 0 Å². The fourth-order valence-electron chi connectivity index (χ4n) is 2.67. The van der Waals surface area contributed by atoms with Gasteiger partial charge in [0.15, 0.2) is 0 Å². The second-order valence-electron chi connectivity index (χ2n) is 5.43. The summed E-state index contributed by atoms with van der Waals surface area (Å²) in [6.07, 6.45) is 6.70. The lowest BCUT2D eigenvalue weighted by Gasteiger charge is -2.23. The van der Waals surface area contributed by atoms with Crippen molar-refractivity contribution in [3.05, 3.63) is 29.8 Å². The highest BCUT2D eigenvalue weighted by Gasteiger charge is 2.18. The normalized spacial score (nSPS) is 16.4. The summed E-state index contributed by atoms with van der Waals surface area (Å²) in [5.74, 6) is 0.990. The van der Waals surface area contributed by atoms with Crippen LogP contribution < -0.4 is 4.74 Å². The van der Waals surface area contributed by atoms with E-state index in [9.17, 15) is 0 Å². The fourth-order valence-corrected chi connectivity index (χ4v) is 2.67. The van der Waals surface area contributed by atoms with Crippen LogP contribution in [0.25, 0.3) is 0 Å².